The summed E-state index contributed by atoms with van der Waals surface area (Å²) < 4.78 is 7.40. The van der Waals surface area contributed by atoms with E-state index < -0.39 is 0 Å². The number of fused-ring (bicyclic) bond motifs is 1. The van der Waals surface area contributed by atoms with Crippen molar-refractivity contribution in [3.63, 3.8) is 0 Å². The molecule has 2 aromatic heterocycles. The van der Waals surface area contributed by atoms with Crippen LogP contribution in [0.25, 0.3) is 11.0 Å². The Morgan fingerprint density at radius 1 is 1.09 bits per heavy atom. The number of aromatic nitrogens is 3. The number of aryl methyl sites for hydroxylation is 1. The first-order valence-electron chi connectivity index (χ1n) is 12.0. The number of nitrogens with zero attached hydrogens (tertiary/aromatic N) is 4. The van der Waals surface area contributed by atoms with Gasteiger partial charge in [-0.1, -0.05) is 6.42 Å². The lowest BCUT2D eigenvalue weighted by Crippen LogP contribution is -2.40. The molecular formula is C25H30N6O3. The number of anilines is 2. The lowest BCUT2D eigenvalue weighted by atomic mass is 9.85. The number of nitrogens with one attached hydrogen (secondary N) is 2. The van der Waals surface area contributed by atoms with Gasteiger partial charge >= 0.3 is 0 Å². The van der Waals surface area contributed by atoms with Crippen LogP contribution in [0, 0.1) is 5.92 Å². The number of morpholine rings is 1. The van der Waals surface area contributed by atoms with Gasteiger partial charge in [0, 0.05) is 61.1 Å². The minimum Gasteiger partial charge on any atom is -0.378 e. The van der Waals surface area contributed by atoms with Crippen LogP contribution < -0.4 is 10.6 Å². The molecule has 1 aliphatic carbocycles. The van der Waals surface area contributed by atoms with Crippen LogP contribution in [-0.4, -0.2) is 64.1 Å². The first kappa shape index (κ1) is 22.3. The number of amides is 2. The van der Waals surface area contributed by atoms with E-state index in [1.165, 1.54) is 6.42 Å². The fourth-order valence-electron chi connectivity index (χ4n) is 4.26. The predicted octanol–water partition coefficient (Wildman–Crippen LogP) is 2.95. The molecule has 9 nitrogen and oxygen atoms in total. The van der Waals surface area contributed by atoms with Gasteiger partial charge in [0.2, 0.25) is 11.9 Å². The van der Waals surface area contributed by atoms with Crippen LogP contribution in [0.3, 0.4) is 0 Å². The minimum atomic E-state index is 0.0224. The maximum absolute atomic E-state index is 12.6. The van der Waals surface area contributed by atoms with Crippen LogP contribution >= 0.6 is 0 Å². The highest BCUT2D eigenvalue weighted by molar-refractivity contribution is 5.94. The van der Waals surface area contributed by atoms with E-state index in [4.69, 9.17) is 9.72 Å². The minimum absolute atomic E-state index is 0.0224. The van der Waals surface area contributed by atoms with E-state index in [0.717, 1.165) is 42.5 Å². The summed E-state index contributed by atoms with van der Waals surface area (Å²) in [5, 5.41) is 7.24. The summed E-state index contributed by atoms with van der Waals surface area (Å²) in [5.74, 6) is 0.933. The molecule has 34 heavy (non-hydrogen) atoms. The molecule has 2 fully saturated rings. The third-order valence-electron chi connectivity index (χ3n) is 6.54. The Labute approximate surface area is 198 Å². The summed E-state index contributed by atoms with van der Waals surface area (Å²) in [7, 11) is 0. The molecule has 3 heterocycles. The van der Waals surface area contributed by atoms with Crippen LogP contribution in [0.15, 0.2) is 42.7 Å². The summed E-state index contributed by atoms with van der Waals surface area (Å²) in [6, 6.07) is 9.37. The van der Waals surface area contributed by atoms with Crippen molar-refractivity contribution in [2.45, 2.75) is 32.2 Å². The summed E-state index contributed by atoms with van der Waals surface area (Å²) in [5.41, 5.74) is 2.32. The standard InChI is InChI=1S/C25H30N6O3/c32-23(18-3-1-4-18)26-10-2-11-30-12-9-20-17-27-25(29-22(20)30)28-21-7-5-19(6-8-21)24(33)31-13-15-34-16-14-31/h5-9,12,17-18H,1-4,10-11,13-16H2,(H,26,32)(H,27,28,29). The maximum atomic E-state index is 12.6. The van der Waals surface area contributed by atoms with Crippen LogP contribution in [0.5, 0.6) is 0 Å². The molecule has 0 bridgehead atoms. The van der Waals surface area contributed by atoms with Crippen molar-refractivity contribution in [2.24, 2.45) is 5.92 Å². The number of carbonyl (C=O) groups is 2. The van der Waals surface area contributed by atoms with Crippen molar-refractivity contribution < 1.29 is 14.3 Å². The first-order chi connectivity index (χ1) is 16.7. The fraction of sp³-hybridized carbons (Fsp3) is 0.440. The number of rotatable bonds is 8. The molecule has 5 rings (SSSR count). The van der Waals surface area contributed by atoms with Crippen molar-refractivity contribution in [2.75, 3.05) is 38.2 Å². The van der Waals surface area contributed by atoms with E-state index in [1.54, 1.807) is 6.20 Å². The van der Waals surface area contributed by atoms with E-state index in [-0.39, 0.29) is 17.7 Å². The Morgan fingerprint density at radius 3 is 2.62 bits per heavy atom. The zero-order chi connectivity index (χ0) is 23.3. The maximum Gasteiger partial charge on any atom is 0.254 e. The van der Waals surface area contributed by atoms with Crippen molar-refractivity contribution in [1.29, 1.82) is 0 Å². The predicted molar refractivity (Wildman–Crippen MR) is 129 cm³/mol. The van der Waals surface area contributed by atoms with Gasteiger partial charge in [0.25, 0.3) is 5.91 Å². The van der Waals surface area contributed by atoms with E-state index in [1.807, 2.05) is 41.4 Å². The average molecular weight is 463 g/mol. The second kappa shape index (κ2) is 10.2. The molecule has 0 spiro atoms. The molecule has 3 aromatic rings. The summed E-state index contributed by atoms with van der Waals surface area (Å²) in [4.78, 5) is 35.5. The molecule has 0 radical (unpaired) electrons. The van der Waals surface area contributed by atoms with Crippen LogP contribution in [0.4, 0.5) is 11.6 Å². The van der Waals surface area contributed by atoms with Gasteiger partial charge in [-0.3, -0.25) is 9.59 Å². The SMILES string of the molecule is O=C(NCCCn1ccc2cnc(Nc3ccc(C(=O)N4CCOCC4)cc3)nc21)C1CCC1. The molecule has 2 aliphatic rings. The molecule has 0 unspecified atom stereocenters. The highest BCUT2D eigenvalue weighted by Gasteiger charge is 2.24. The van der Waals surface area contributed by atoms with Crippen LogP contribution in [-0.2, 0) is 16.1 Å². The number of hydrogen-bond acceptors (Lipinski definition) is 6. The summed E-state index contributed by atoms with van der Waals surface area (Å²) >= 11 is 0. The van der Waals surface area contributed by atoms with Gasteiger partial charge in [0.1, 0.15) is 5.65 Å². The Morgan fingerprint density at radius 2 is 1.88 bits per heavy atom. The molecule has 2 amide bonds. The topological polar surface area (TPSA) is 101 Å². The highest BCUT2D eigenvalue weighted by atomic mass is 16.5. The van der Waals surface area contributed by atoms with Crippen molar-refractivity contribution in [3.05, 3.63) is 48.3 Å². The molecule has 1 aromatic carbocycles. The zero-order valence-corrected chi connectivity index (χ0v) is 19.2. The lowest BCUT2D eigenvalue weighted by Gasteiger charge is -2.26. The van der Waals surface area contributed by atoms with Gasteiger partial charge in [0.05, 0.1) is 13.2 Å². The smallest absolute Gasteiger partial charge is 0.254 e. The monoisotopic (exact) mass is 462 g/mol. The Hall–Kier alpha value is -3.46. The molecule has 178 valence electrons. The van der Waals surface area contributed by atoms with E-state index >= 15 is 0 Å². The largest absolute Gasteiger partial charge is 0.378 e. The lowest BCUT2D eigenvalue weighted by molar-refractivity contribution is -0.127. The molecule has 0 atom stereocenters. The molecule has 2 N–H and O–H groups in total. The quantitative estimate of drug-likeness (QED) is 0.499. The Kier molecular flexibility index (Phi) is 6.71. The number of hydrogen-bond donors (Lipinski definition) is 2. The second-order valence-corrected chi connectivity index (χ2v) is 8.86. The van der Waals surface area contributed by atoms with E-state index in [9.17, 15) is 9.59 Å². The third-order valence-corrected chi connectivity index (χ3v) is 6.54. The summed E-state index contributed by atoms with van der Waals surface area (Å²) in [6.45, 7) is 3.85. The van der Waals surface area contributed by atoms with Crippen molar-refractivity contribution >= 4 is 34.5 Å². The first-order valence-corrected chi connectivity index (χ1v) is 12.0. The Bertz CT molecular complexity index is 1150. The van der Waals surface area contributed by atoms with Gasteiger partial charge < -0.3 is 24.8 Å². The normalized spacial score (nSPS) is 16.3. The van der Waals surface area contributed by atoms with Gasteiger partial charge in [0.15, 0.2) is 0 Å². The fourth-order valence-corrected chi connectivity index (χ4v) is 4.26. The summed E-state index contributed by atoms with van der Waals surface area (Å²) in [6.07, 6.45) is 7.86. The molecule has 9 heteroatoms. The molecular weight excluding hydrogens is 432 g/mol. The molecule has 1 saturated heterocycles. The molecule has 1 aliphatic heterocycles. The van der Waals surface area contributed by atoms with Gasteiger partial charge in [-0.2, -0.15) is 4.98 Å². The number of benzene rings is 1. The van der Waals surface area contributed by atoms with Gasteiger partial charge in [-0.15, -0.1) is 0 Å². The van der Waals surface area contributed by atoms with Gasteiger partial charge in [-0.05, 0) is 49.6 Å². The van der Waals surface area contributed by atoms with Crippen molar-refractivity contribution in [3.8, 4) is 0 Å². The molecule has 1 saturated carbocycles. The van der Waals surface area contributed by atoms with Crippen LogP contribution in [0.2, 0.25) is 0 Å². The second-order valence-electron chi connectivity index (χ2n) is 8.86. The zero-order valence-electron chi connectivity index (χ0n) is 19.2. The van der Waals surface area contributed by atoms with Crippen molar-refractivity contribution in [1.82, 2.24) is 24.8 Å². The Balaban J connectivity index is 1.18. The van der Waals surface area contributed by atoms with Gasteiger partial charge in [-0.25, -0.2) is 4.98 Å². The number of carbonyl (C=O) groups excluding carboxylic acids is 2. The highest BCUT2D eigenvalue weighted by Crippen LogP contribution is 2.26. The van der Waals surface area contributed by atoms with Crippen LogP contribution in [0.1, 0.15) is 36.0 Å². The third kappa shape index (κ3) is 5.04. The average Bonchev–Trinajstić information content (AvgIpc) is 3.23. The number of ether oxygens (including phenoxy) is 1. The van der Waals surface area contributed by atoms with E-state index in [0.29, 0.717) is 44.4 Å². The van der Waals surface area contributed by atoms with E-state index in [2.05, 4.69) is 20.2 Å².